The first-order valence-electron chi connectivity index (χ1n) is 5.95. The maximum absolute atomic E-state index is 11.3. The van der Waals surface area contributed by atoms with Crippen LogP contribution in [-0.4, -0.2) is 32.3 Å². The standard InChI is InChI=1S/C13H18ClNO3/c1-2-7-17-8-9-18-13(16)10-15-12-5-3-11(14)4-6-12/h3-6,15H,2,7-10H2,1H3. The van der Waals surface area contributed by atoms with Crippen LogP contribution in [-0.2, 0) is 14.3 Å². The molecule has 1 N–H and O–H groups in total. The van der Waals surface area contributed by atoms with Gasteiger partial charge in [-0.25, -0.2) is 0 Å². The number of halogens is 1. The molecule has 18 heavy (non-hydrogen) atoms. The summed E-state index contributed by atoms with van der Waals surface area (Å²) in [7, 11) is 0. The molecule has 0 saturated heterocycles. The molecule has 1 aromatic carbocycles. The van der Waals surface area contributed by atoms with Crippen LogP contribution < -0.4 is 5.32 Å². The van der Waals surface area contributed by atoms with Gasteiger partial charge in [0.05, 0.1) is 6.61 Å². The molecule has 0 amide bonds. The highest BCUT2D eigenvalue weighted by Gasteiger charge is 2.02. The Hall–Kier alpha value is -1.26. The van der Waals surface area contributed by atoms with Crippen molar-refractivity contribution in [1.82, 2.24) is 0 Å². The third-order valence-corrected chi connectivity index (χ3v) is 2.37. The molecular weight excluding hydrogens is 254 g/mol. The van der Waals surface area contributed by atoms with E-state index in [1.165, 1.54) is 0 Å². The van der Waals surface area contributed by atoms with E-state index in [1.807, 2.05) is 6.92 Å². The molecule has 4 nitrogen and oxygen atoms in total. The Labute approximate surface area is 112 Å². The summed E-state index contributed by atoms with van der Waals surface area (Å²) in [5.41, 5.74) is 0.832. The van der Waals surface area contributed by atoms with Crippen molar-refractivity contribution < 1.29 is 14.3 Å². The normalized spacial score (nSPS) is 10.1. The fourth-order valence-corrected chi connectivity index (χ4v) is 1.38. The van der Waals surface area contributed by atoms with Gasteiger partial charge < -0.3 is 14.8 Å². The lowest BCUT2D eigenvalue weighted by molar-refractivity contribution is -0.143. The first-order valence-corrected chi connectivity index (χ1v) is 6.33. The first kappa shape index (κ1) is 14.8. The number of carbonyl (C=O) groups is 1. The second-order valence-electron chi connectivity index (χ2n) is 3.69. The molecule has 0 spiro atoms. The maximum atomic E-state index is 11.3. The highest BCUT2D eigenvalue weighted by Crippen LogP contribution is 2.12. The third kappa shape index (κ3) is 6.47. The Kier molecular flexibility index (Phi) is 7.22. The van der Waals surface area contributed by atoms with E-state index >= 15 is 0 Å². The molecule has 0 heterocycles. The van der Waals surface area contributed by atoms with Gasteiger partial charge in [-0.15, -0.1) is 0 Å². The largest absolute Gasteiger partial charge is 0.462 e. The van der Waals surface area contributed by atoms with Gasteiger partial charge in [-0.1, -0.05) is 18.5 Å². The zero-order valence-corrected chi connectivity index (χ0v) is 11.2. The van der Waals surface area contributed by atoms with E-state index < -0.39 is 0 Å². The van der Waals surface area contributed by atoms with Gasteiger partial charge in [0.15, 0.2) is 0 Å². The van der Waals surface area contributed by atoms with Gasteiger partial charge in [0, 0.05) is 17.3 Å². The number of ether oxygens (including phenoxy) is 2. The summed E-state index contributed by atoms with van der Waals surface area (Å²) in [6, 6.07) is 7.13. The van der Waals surface area contributed by atoms with Gasteiger partial charge in [0.1, 0.15) is 13.2 Å². The number of hydrogen-bond acceptors (Lipinski definition) is 4. The van der Waals surface area contributed by atoms with Gasteiger partial charge in [0.25, 0.3) is 0 Å². The van der Waals surface area contributed by atoms with Gasteiger partial charge in [-0.2, -0.15) is 0 Å². The minimum atomic E-state index is -0.301. The SMILES string of the molecule is CCCOCCOC(=O)CNc1ccc(Cl)cc1. The summed E-state index contributed by atoms with van der Waals surface area (Å²) in [5.74, 6) is -0.301. The molecule has 1 aromatic rings. The van der Waals surface area contributed by atoms with Crippen molar-refractivity contribution in [3.63, 3.8) is 0 Å². The monoisotopic (exact) mass is 271 g/mol. The predicted molar refractivity (Wildman–Crippen MR) is 72.0 cm³/mol. The molecule has 0 bridgehead atoms. The Bertz CT molecular complexity index is 354. The quantitative estimate of drug-likeness (QED) is 0.583. The van der Waals surface area contributed by atoms with Crippen LogP contribution in [0.3, 0.4) is 0 Å². The molecule has 0 atom stereocenters. The zero-order chi connectivity index (χ0) is 13.2. The molecule has 0 aliphatic heterocycles. The van der Waals surface area contributed by atoms with Gasteiger partial charge >= 0.3 is 5.97 Å². The predicted octanol–water partition coefficient (Wildman–Crippen LogP) is 2.72. The fraction of sp³-hybridized carbons (Fsp3) is 0.462. The van der Waals surface area contributed by atoms with E-state index in [4.69, 9.17) is 21.1 Å². The van der Waals surface area contributed by atoms with Crippen LogP contribution >= 0.6 is 11.6 Å². The Balaban J connectivity index is 2.11. The lowest BCUT2D eigenvalue weighted by Gasteiger charge is -2.07. The molecule has 0 fully saturated rings. The molecular formula is C13H18ClNO3. The lowest BCUT2D eigenvalue weighted by Crippen LogP contribution is -2.19. The summed E-state index contributed by atoms with van der Waals surface area (Å²) in [6.07, 6.45) is 0.964. The zero-order valence-electron chi connectivity index (χ0n) is 10.4. The van der Waals surface area contributed by atoms with E-state index in [1.54, 1.807) is 24.3 Å². The summed E-state index contributed by atoms with van der Waals surface area (Å²) in [5, 5.41) is 3.61. The molecule has 1 rings (SSSR count). The van der Waals surface area contributed by atoms with E-state index in [0.717, 1.165) is 12.1 Å². The number of anilines is 1. The number of nitrogens with one attached hydrogen (secondary N) is 1. The molecule has 0 aromatic heterocycles. The van der Waals surface area contributed by atoms with Crippen molar-refractivity contribution in [1.29, 1.82) is 0 Å². The van der Waals surface area contributed by atoms with Crippen molar-refractivity contribution in [2.45, 2.75) is 13.3 Å². The summed E-state index contributed by atoms with van der Waals surface area (Å²) >= 11 is 5.75. The van der Waals surface area contributed by atoms with Gasteiger partial charge in [0.2, 0.25) is 0 Å². The second kappa shape index (κ2) is 8.78. The summed E-state index contributed by atoms with van der Waals surface area (Å²) < 4.78 is 10.2. The molecule has 0 unspecified atom stereocenters. The van der Waals surface area contributed by atoms with Crippen molar-refractivity contribution in [2.75, 3.05) is 31.7 Å². The molecule has 0 aliphatic carbocycles. The average molecular weight is 272 g/mol. The van der Waals surface area contributed by atoms with Crippen LogP contribution in [0, 0.1) is 0 Å². The Morgan fingerprint density at radius 1 is 1.22 bits per heavy atom. The van der Waals surface area contributed by atoms with E-state index in [-0.39, 0.29) is 12.5 Å². The van der Waals surface area contributed by atoms with Gasteiger partial charge in [-0.3, -0.25) is 4.79 Å². The van der Waals surface area contributed by atoms with Crippen molar-refractivity contribution in [3.05, 3.63) is 29.3 Å². The number of carbonyl (C=O) groups excluding carboxylic acids is 1. The Morgan fingerprint density at radius 3 is 2.61 bits per heavy atom. The maximum Gasteiger partial charge on any atom is 0.325 e. The van der Waals surface area contributed by atoms with Crippen LogP contribution in [0.2, 0.25) is 5.02 Å². The van der Waals surface area contributed by atoms with E-state index in [2.05, 4.69) is 5.32 Å². The first-order chi connectivity index (χ1) is 8.72. The van der Waals surface area contributed by atoms with E-state index in [9.17, 15) is 4.79 Å². The highest BCUT2D eigenvalue weighted by molar-refractivity contribution is 6.30. The minimum Gasteiger partial charge on any atom is -0.462 e. The molecule has 0 aliphatic rings. The lowest BCUT2D eigenvalue weighted by atomic mass is 10.3. The molecule has 100 valence electrons. The van der Waals surface area contributed by atoms with E-state index in [0.29, 0.717) is 24.8 Å². The summed E-state index contributed by atoms with van der Waals surface area (Å²) in [4.78, 5) is 11.3. The van der Waals surface area contributed by atoms with Crippen LogP contribution in [0.25, 0.3) is 0 Å². The highest BCUT2D eigenvalue weighted by atomic mass is 35.5. The smallest absolute Gasteiger partial charge is 0.325 e. The average Bonchev–Trinajstić information content (AvgIpc) is 2.38. The minimum absolute atomic E-state index is 0.134. The van der Waals surface area contributed by atoms with Gasteiger partial charge in [-0.05, 0) is 30.7 Å². The second-order valence-corrected chi connectivity index (χ2v) is 4.13. The fourth-order valence-electron chi connectivity index (χ4n) is 1.25. The molecule has 5 heteroatoms. The van der Waals surface area contributed by atoms with Crippen LogP contribution in [0.5, 0.6) is 0 Å². The van der Waals surface area contributed by atoms with Crippen molar-refractivity contribution in [3.8, 4) is 0 Å². The van der Waals surface area contributed by atoms with Crippen LogP contribution in [0.15, 0.2) is 24.3 Å². The topological polar surface area (TPSA) is 47.6 Å². The third-order valence-electron chi connectivity index (χ3n) is 2.12. The number of hydrogen-bond donors (Lipinski definition) is 1. The summed E-state index contributed by atoms with van der Waals surface area (Å²) in [6.45, 7) is 3.60. The number of esters is 1. The van der Waals surface area contributed by atoms with Crippen LogP contribution in [0.1, 0.15) is 13.3 Å². The Morgan fingerprint density at radius 2 is 1.94 bits per heavy atom. The molecule has 0 saturated carbocycles. The molecule has 0 radical (unpaired) electrons. The number of rotatable bonds is 8. The van der Waals surface area contributed by atoms with Crippen LogP contribution in [0.4, 0.5) is 5.69 Å². The van der Waals surface area contributed by atoms with Crippen molar-refractivity contribution >= 4 is 23.3 Å². The number of benzene rings is 1. The van der Waals surface area contributed by atoms with Crippen molar-refractivity contribution in [2.24, 2.45) is 0 Å².